The molecule has 108 valence electrons. The molecule has 19 heavy (non-hydrogen) atoms. The molecule has 5 rings (SSSR count). The van der Waals surface area contributed by atoms with Crippen LogP contribution in [0.1, 0.15) is 45.4 Å². The van der Waals surface area contributed by atoms with Crippen molar-refractivity contribution in [3.8, 4) is 0 Å². The number of likely N-dealkylation sites (N-methyl/N-ethyl adjacent to an activating group) is 1. The summed E-state index contributed by atoms with van der Waals surface area (Å²) in [4.78, 5) is 2.69. The number of hydrogen-bond acceptors (Lipinski definition) is 2. The molecule has 4 aliphatic carbocycles. The van der Waals surface area contributed by atoms with Gasteiger partial charge in [-0.05, 0) is 87.7 Å². The van der Waals surface area contributed by atoms with Crippen molar-refractivity contribution >= 4 is 0 Å². The Morgan fingerprint density at radius 1 is 1.00 bits per heavy atom. The van der Waals surface area contributed by atoms with E-state index < -0.39 is 0 Å². The van der Waals surface area contributed by atoms with Gasteiger partial charge >= 0.3 is 0 Å². The highest BCUT2D eigenvalue weighted by atomic mass is 15.2. The van der Waals surface area contributed by atoms with E-state index in [0.717, 1.165) is 35.6 Å². The lowest BCUT2D eigenvalue weighted by Gasteiger charge is -2.56. The van der Waals surface area contributed by atoms with Crippen LogP contribution < -0.4 is 5.32 Å². The van der Waals surface area contributed by atoms with Crippen LogP contribution in [0.15, 0.2) is 0 Å². The predicted octanol–water partition coefficient (Wildman–Crippen LogP) is 2.74. The van der Waals surface area contributed by atoms with Crippen molar-refractivity contribution in [2.75, 3.05) is 26.2 Å². The van der Waals surface area contributed by atoms with Crippen LogP contribution in [0.4, 0.5) is 0 Å². The largest absolute Gasteiger partial charge is 0.312 e. The summed E-state index contributed by atoms with van der Waals surface area (Å²) in [5, 5.41) is 3.93. The van der Waals surface area contributed by atoms with Crippen LogP contribution in [-0.4, -0.2) is 37.1 Å². The number of rotatable bonds is 2. The van der Waals surface area contributed by atoms with Gasteiger partial charge < -0.3 is 10.2 Å². The van der Waals surface area contributed by atoms with Crippen LogP contribution in [-0.2, 0) is 0 Å². The van der Waals surface area contributed by atoms with E-state index in [0.29, 0.717) is 0 Å². The van der Waals surface area contributed by atoms with Gasteiger partial charge in [-0.25, -0.2) is 0 Å². The summed E-state index contributed by atoms with van der Waals surface area (Å²) in [7, 11) is 0. The average Bonchev–Trinajstić information content (AvgIpc) is 2.63. The van der Waals surface area contributed by atoms with Gasteiger partial charge in [0.1, 0.15) is 0 Å². The van der Waals surface area contributed by atoms with Gasteiger partial charge in [0.2, 0.25) is 0 Å². The van der Waals surface area contributed by atoms with Gasteiger partial charge in [0.15, 0.2) is 0 Å². The number of nitrogens with zero attached hydrogens (tertiary/aromatic N) is 1. The molecular weight excluding hydrogens is 232 g/mol. The summed E-state index contributed by atoms with van der Waals surface area (Å²) in [6, 6.07) is 0.803. The quantitative estimate of drug-likeness (QED) is 0.823. The molecule has 0 amide bonds. The van der Waals surface area contributed by atoms with E-state index in [9.17, 15) is 0 Å². The second kappa shape index (κ2) is 5.04. The minimum absolute atomic E-state index is 0.803. The minimum Gasteiger partial charge on any atom is -0.312 e. The van der Waals surface area contributed by atoms with E-state index in [1.165, 1.54) is 32.6 Å². The van der Waals surface area contributed by atoms with Crippen LogP contribution in [0.25, 0.3) is 0 Å². The Balaban J connectivity index is 1.51. The predicted molar refractivity (Wildman–Crippen MR) is 79.1 cm³/mol. The summed E-state index contributed by atoms with van der Waals surface area (Å²) in [5.74, 6) is 5.40. The van der Waals surface area contributed by atoms with Crippen LogP contribution >= 0.6 is 0 Å². The second-order valence-corrected chi connectivity index (χ2v) is 7.82. The lowest BCUT2D eigenvalue weighted by molar-refractivity contribution is -0.0540. The van der Waals surface area contributed by atoms with E-state index in [4.69, 9.17) is 0 Å². The summed E-state index contributed by atoms with van der Waals surface area (Å²) in [6.07, 6.45) is 9.21. The molecule has 5 fully saturated rings. The third kappa shape index (κ3) is 2.25. The van der Waals surface area contributed by atoms with Gasteiger partial charge in [-0.2, -0.15) is 0 Å². The standard InChI is InChI=1S/C17H30N2/c1-2-19-5-3-4-18-16(11-19)17-14-7-12-6-13(9-14)10-15(17)8-12/h12-18H,2-11H2,1H3. The molecule has 1 aliphatic heterocycles. The van der Waals surface area contributed by atoms with Crippen molar-refractivity contribution in [3.05, 3.63) is 0 Å². The lowest BCUT2D eigenvalue weighted by atomic mass is 9.50. The van der Waals surface area contributed by atoms with Gasteiger partial charge in [0, 0.05) is 12.6 Å². The SMILES string of the molecule is CCN1CCCNC(C2C3CC4CC(C3)CC2C4)C1. The van der Waals surface area contributed by atoms with Crippen LogP contribution in [0.3, 0.4) is 0 Å². The van der Waals surface area contributed by atoms with Crippen molar-refractivity contribution in [3.63, 3.8) is 0 Å². The Labute approximate surface area is 118 Å². The first-order chi connectivity index (χ1) is 9.33. The van der Waals surface area contributed by atoms with Gasteiger partial charge in [-0.1, -0.05) is 6.92 Å². The fourth-order valence-corrected chi connectivity index (χ4v) is 6.19. The highest BCUT2D eigenvalue weighted by Crippen LogP contribution is 2.57. The first-order valence-corrected chi connectivity index (χ1v) is 8.79. The Bertz CT molecular complexity index is 299. The molecule has 1 heterocycles. The first kappa shape index (κ1) is 12.6. The van der Waals surface area contributed by atoms with E-state index in [1.807, 2.05) is 0 Å². The molecule has 1 unspecified atom stereocenters. The van der Waals surface area contributed by atoms with Crippen LogP contribution in [0.2, 0.25) is 0 Å². The highest BCUT2D eigenvalue weighted by Gasteiger charge is 2.50. The first-order valence-electron chi connectivity index (χ1n) is 8.79. The maximum absolute atomic E-state index is 3.93. The van der Waals surface area contributed by atoms with Gasteiger partial charge in [-0.3, -0.25) is 0 Å². The van der Waals surface area contributed by atoms with E-state index in [1.54, 1.807) is 32.1 Å². The van der Waals surface area contributed by atoms with Crippen molar-refractivity contribution < 1.29 is 0 Å². The molecule has 0 radical (unpaired) electrons. The van der Waals surface area contributed by atoms with E-state index in [-0.39, 0.29) is 0 Å². The Morgan fingerprint density at radius 2 is 1.68 bits per heavy atom. The molecule has 0 aromatic rings. The fourth-order valence-electron chi connectivity index (χ4n) is 6.19. The molecule has 1 saturated heterocycles. The summed E-state index contributed by atoms with van der Waals surface area (Å²) >= 11 is 0. The maximum atomic E-state index is 3.93. The molecule has 5 aliphatic rings. The Morgan fingerprint density at radius 3 is 2.32 bits per heavy atom. The summed E-state index contributed by atoms with van der Waals surface area (Å²) in [5.41, 5.74) is 0. The zero-order chi connectivity index (χ0) is 12.8. The normalized spacial score (nSPS) is 50.4. The monoisotopic (exact) mass is 262 g/mol. The second-order valence-electron chi connectivity index (χ2n) is 7.82. The third-order valence-corrected chi connectivity index (χ3v) is 6.72. The molecule has 0 aromatic heterocycles. The molecule has 1 atom stereocenters. The average molecular weight is 262 g/mol. The Hall–Kier alpha value is -0.0800. The van der Waals surface area contributed by atoms with Crippen molar-refractivity contribution in [2.45, 2.75) is 51.5 Å². The van der Waals surface area contributed by atoms with Gasteiger partial charge in [-0.15, -0.1) is 0 Å². The molecule has 4 bridgehead atoms. The molecular formula is C17H30N2. The molecule has 0 spiro atoms. The van der Waals surface area contributed by atoms with Crippen molar-refractivity contribution in [1.29, 1.82) is 0 Å². The van der Waals surface area contributed by atoms with Gasteiger partial charge in [0.25, 0.3) is 0 Å². The van der Waals surface area contributed by atoms with Crippen LogP contribution in [0.5, 0.6) is 0 Å². The zero-order valence-corrected chi connectivity index (χ0v) is 12.5. The maximum Gasteiger partial charge on any atom is 0.0228 e. The van der Waals surface area contributed by atoms with Crippen molar-refractivity contribution in [2.24, 2.45) is 29.6 Å². The van der Waals surface area contributed by atoms with E-state index >= 15 is 0 Å². The molecule has 2 heteroatoms. The smallest absolute Gasteiger partial charge is 0.0228 e. The fraction of sp³-hybridized carbons (Fsp3) is 1.00. The number of hydrogen-bond donors (Lipinski definition) is 1. The summed E-state index contributed by atoms with van der Waals surface area (Å²) < 4.78 is 0. The lowest BCUT2D eigenvalue weighted by Crippen LogP contribution is -2.55. The summed E-state index contributed by atoms with van der Waals surface area (Å²) in [6.45, 7) is 7.46. The number of nitrogens with one attached hydrogen (secondary N) is 1. The zero-order valence-electron chi connectivity index (χ0n) is 12.5. The molecule has 1 N–H and O–H groups in total. The third-order valence-electron chi connectivity index (χ3n) is 6.72. The van der Waals surface area contributed by atoms with Gasteiger partial charge in [0.05, 0.1) is 0 Å². The molecule has 4 saturated carbocycles. The van der Waals surface area contributed by atoms with Crippen LogP contribution in [0, 0.1) is 29.6 Å². The van der Waals surface area contributed by atoms with E-state index in [2.05, 4.69) is 17.1 Å². The Kier molecular flexibility index (Phi) is 3.35. The minimum atomic E-state index is 0.803. The highest BCUT2D eigenvalue weighted by molar-refractivity contribution is 5.02. The molecule has 0 aromatic carbocycles. The molecule has 2 nitrogen and oxygen atoms in total. The van der Waals surface area contributed by atoms with Crippen molar-refractivity contribution in [1.82, 2.24) is 10.2 Å². The topological polar surface area (TPSA) is 15.3 Å².